The fourth-order valence-electron chi connectivity index (χ4n) is 3.61. The standard InChI is InChI=1S/C22H47O4P.2K/c1-3-5-7-8-9-10-11-12-13-14-15-16-17-18-19-21-22(20-6-4-2)26-27(23,24)25;;/h22H,3-21H2,1-2H3,(H2,23,24,25);;/q;2*+1/p-2. The average Bonchev–Trinajstić information content (AvgIpc) is 2.61. The van der Waals surface area contributed by atoms with Gasteiger partial charge in [0.05, 0.1) is 13.9 Å². The van der Waals surface area contributed by atoms with E-state index in [4.69, 9.17) is 4.52 Å². The van der Waals surface area contributed by atoms with Crippen LogP contribution >= 0.6 is 7.82 Å². The zero-order valence-electron chi connectivity index (χ0n) is 20.1. The Labute approximate surface area is 266 Å². The molecule has 0 aromatic heterocycles. The van der Waals surface area contributed by atoms with Crippen LogP contribution in [0, 0.1) is 0 Å². The summed E-state index contributed by atoms with van der Waals surface area (Å²) in [7, 11) is -4.85. The van der Waals surface area contributed by atoms with Gasteiger partial charge >= 0.3 is 103 Å². The summed E-state index contributed by atoms with van der Waals surface area (Å²) < 4.78 is 15.5. The molecule has 0 heterocycles. The summed E-state index contributed by atoms with van der Waals surface area (Å²) in [6.07, 6.45) is 22.5. The normalized spacial score (nSPS) is 12.3. The second-order valence-electron chi connectivity index (χ2n) is 8.06. The number of phosphoric acid groups is 1. The molecule has 0 aromatic rings. The number of hydrogen-bond acceptors (Lipinski definition) is 4. The van der Waals surface area contributed by atoms with Crippen molar-refractivity contribution in [1.82, 2.24) is 0 Å². The Balaban J connectivity index is -0.00000338. The van der Waals surface area contributed by atoms with E-state index in [1.165, 1.54) is 83.5 Å². The van der Waals surface area contributed by atoms with Crippen molar-refractivity contribution < 1.29 is 122 Å². The first-order valence-electron chi connectivity index (χ1n) is 11.7. The van der Waals surface area contributed by atoms with Crippen LogP contribution in [-0.4, -0.2) is 6.10 Å². The first-order chi connectivity index (χ1) is 13.0. The number of unbranched alkanes of at least 4 members (excludes halogenated alkanes) is 15. The summed E-state index contributed by atoms with van der Waals surface area (Å²) in [5, 5.41) is 0. The van der Waals surface area contributed by atoms with Crippen LogP contribution in [0.15, 0.2) is 0 Å². The zero-order chi connectivity index (χ0) is 20.2. The molecule has 0 aliphatic heterocycles. The van der Waals surface area contributed by atoms with Crippen LogP contribution in [0.25, 0.3) is 0 Å². The molecule has 0 rings (SSSR count). The smallest absolute Gasteiger partial charge is 0.790 e. The van der Waals surface area contributed by atoms with E-state index in [-0.39, 0.29) is 103 Å². The number of hydrogen-bond donors (Lipinski definition) is 0. The molecule has 4 nitrogen and oxygen atoms in total. The first kappa shape index (κ1) is 36.9. The van der Waals surface area contributed by atoms with Gasteiger partial charge in [0, 0.05) is 0 Å². The van der Waals surface area contributed by atoms with E-state index in [0.717, 1.165) is 25.7 Å². The van der Waals surface area contributed by atoms with Crippen molar-refractivity contribution in [2.75, 3.05) is 0 Å². The molecule has 0 saturated carbocycles. The van der Waals surface area contributed by atoms with E-state index in [9.17, 15) is 14.4 Å². The molecular formula is C22H45K2O4P. The molecule has 0 spiro atoms. The van der Waals surface area contributed by atoms with Crippen LogP contribution < -0.4 is 113 Å². The van der Waals surface area contributed by atoms with Gasteiger partial charge in [-0.3, -0.25) is 0 Å². The van der Waals surface area contributed by atoms with Gasteiger partial charge in [0.1, 0.15) is 0 Å². The molecule has 1 atom stereocenters. The molecule has 0 aliphatic carbocycles. The Morgan fingerprint density at radius 2 is 0.897 bits per heavy atom. The molecule has 0 fully saturated rings. The maximum absolute atomic E-state index is 10.8. The molecule has 1 unspecified atom stereocenters. The number of rotatable bonds is 21. The summed E-state index contributed by atoms with van der Waals surface area (Å²) in [4.78, 5) is 21.6. The van der Waals surface area contributed by atoms with Crippen LogP contribution in [-0.2, 0) is 9.09 Å². The van der Waals surface area contributed by atoms with E-state index in [2.05, 4.69) is 13.8 Å². The minimum Gasteiger partial charge on any atom is -0.790 e. The molecule has 0 aliphatic rings. The van der Waals surface area contributed by atoms with Crippen molar-refractivity contribution in [1.29, 1.82) is 0 Å². The topological polar surface area (TPSA) is 72.4 Å². The van der Waals surface area contributed by atoms with Gasteiger partial charge in [-0.2, -0.15) is 0 Å². The van der Waals surface area contributed by atoms with Gasteiger partial charge in [-0.25, -0.2) is 0 Å². The summed E-state index contributed by atoms with van der Waals surface area (Å²) in [5.74, 6) is 0. The van der Waals surface area contributed by atoms with Crippen LogP contribution in [0.5, 0.6) is 0 Å². The van der Waals surface area contributed by atoms with E-state index >= 15 is 0 Å². The third-order valence-electron chi connectivity index (χ3n) is 5.29. The van der Waals surface area contributed by atoms with Gasteiger partial charge in [-0.1, -0.05) is 123 Å². The Bertz CT molecular complexity index is 354. The van der Waals surface area contributed by atoms with Crippen molar-refractivity contribution in [3.63, 3.8) is 0 Å². The summed E-state index contributed by atoms with van der Waals surface area (Å²) in [5.41, 5.74) is 0. The molecule has 164 valence electrons. The van der Waals surface area contributed by atoms with E-state index in [0.29, 0.717) is 12.8 Å². The molecule has 0 amide bonds. The van der Waals surface area contributed by atoms with Gasteiger partial charge < -0.3 is 18.9 Å². The third-order valence-corrected chi connectivity index (χ3v) is 5.84. The monoisotopic (exact) mass is 482 g/mol. The fourth-order valence-corrected chi connectivity index (χ4v) is 4.18. The van der Waals surface area contributed by atoms with E-state index in [1.54, 1.807) is 0 Å². The molecule has 0 N–H and O–H groups in total. The SMILES string of the molecule is CCCCCCCCCCCCCCCCCC(CCCC)OP(=O)([O-])[O-].[K+].[K+]. The Kier molecular flexibility index (Phi) is 35.2. The predicted molar refractivity (Wildman–Crippen MR) is 112 cm³/mol. The molecule has 7 heteroatoms. The molecule has 0 bridgehead atoms. The Morgan fingerprint density at radius 3 is 1.24 bits per heavy atom. The summed E-state index contributed by atoms with van der Waals surface area (Å²) in [6.45, 7) is 4.32. The molecule has 0 aromatic carbocycles. The quantitative estimate of drug-likeness (QED) is 0.137. The van der Waals surface area contributed by atoms with Gasteiger partial charge in [0.15, 0.2) is 0 Å². The van der Waals surface area contributed by atoms with Gasteiger partial charge in [0.25, 0.3) is 0 Å². The van der Waals surface area contributed by atoms with Crippen molar-refractivity contribution in [2.45, 2.75) is 142 Å². The maximum Gasteiger partial charge on any atom is 1.00 e. The Hall–Kier alpha value is 3.38. The minimum absolute atomic E-state index is 0. The minimum atomic E-state index is -4.85. The predicted octanol–water partition coefficient (Wildman–Crippen LogP) is 0.660. The van der Waals surface area contributed by atoms with Gasteiger partial charge in [-0.15, -0.1) is 0 Å². The van der Waals surface area contributed by atoms with E-state index in [1.807, 2.05) is 0 Å². The number of phosphoric ester groups is 1. The van der Waals surface area contributed by atoms with Crippen LogP contribution in [0.4, 0.5) is 0 Å². The van der Waals surface area contributed by atoms with Crippen LogP contribution in [0.1, 0.15) is 136 Å². The van der Waals surface area contributed by atoms with Crippen molar-refractivity contribution in [2.24, 2.45) is 0 Å². The molecule has 29 heavy (non-hydrogen) atoms. The summed E-state index contributed by atoms with van der Waals surface area (Å²) >= 11 is 0. The largest absolute Gasteiger partial charge is 1.00 e. The average molecular weight is 483 g/mol. The third kappa shape index (κ3) is 31.4. The molecule has 0 saturated heterocycles. The summed E-state index contributed by atoms with van der Waals surface area (Å²) in [6, 6.07) is 0. The van der Waals surface area contributed by atoms with Gasteiger partial charge in [0.2, 0.25) is 0 Å². The van der Waals surface area contributed by atoms with Crippen LogP contribution in [0.2, 0.25) is 0 Å². The van der Waals surface area contributed by atoms with Crippen molar-refractivity contribution in [3.8, 4) is 0 Å². The Morgan fingerprint density at radius 1 is 0.586 bits per heavy atom. The molecule has 0 radical (unpaired) electrons. The second kappa shape index (κ2) is 27.6. The van der Waals surface area contributed by atoms with Crippen molar-refractivity contribution in [3.05, 3.63) is 0 Å². The fraction of sp³-hybridized carbons (Fsp3) is 1.00. The maximum atomic E-state index is 10.8. The molecular weight excluding hydrogens is 437 g/mol. The van der Waals surface area contributed by atoms with Crippen molar-refractivity contribution >= 4 is 7.82 Å². The van der Waals surface area contributed by atoms with Crippen LogP contribution in [0.3, 0.4) is 0 Å². The van der Waals surface area contributed by atoms with Gasteiger partial charge in [-0.05, 0) is 12.8 Å². The van der Waals surface area contributed by atoms with E-state index < -0.39 is 13.9 Å². The second-order valence-corrected chi connectivity index (χ2v) is 9.16. The first-order valence-corrected chi connectivity index (χ1v) is 13.2. The zero-order valence-corrected chi connectivity index (χ0v) is 27.2.